The van der Waals surface area contributed by atoms with Crippen molar-refractivity contribution in [1.29, 1.82) is 0 Å². The van der Waals surface area contributed by atoms with Crippen LogP contribution in [-0.4, -0.2) is 32.2 Å². The van der Waals surface area contributed by atoms with Gasteiger partial charge in [0.05, 0.1) is 8.07 Å². The van der Waals surface area contributed by atoms with Crippen molar-refractivity contribution in [2.75, 3.05) is 13.2 Å². The van der Waals surface area contributed by atoms with Crippen LogP contribution in [0.15, 0.2) is 0 Å². The lowest BCUT2D eigenvalue weighted by Gasteiger charge is -2.30. The molecule has 2 fully saturated rings. The van der Waals surface area contributed by atoms with Crippen LogP contribution in [-0.2, 0) is 0 Å². The maximum absolute atomic E-state index is 2.68. The molecule has 2 rings (SSSR count). The topological polar surface area (TPSA) is 3.24 Å². The predicted molar refractivity (Wildman–Crippen MR) is 65.3 cm³/mol. The summed E-state index contributed by atoms with van der Waals surface area (Å²) in [6.45, 7) is 4.80. The Kier molecular flexibility index (Phi) is 3.03. The van der Waals surface area contributed by atoms with Crippen LogP contribution in [0.3, 0.4) is 0 Å². The summed E-state index contributed by atoms with van der Waals surface area (Å²) in [6.07, 6.45) is 6.12. The van der Waals surface area contributed by atoms with Gasteiger partial charge in [-0.25, -0.2) is 0 Å². The molecule has 0 aromatic heterocycles. The van der Waals surface area contributed by atoms with Crippen LogP contribution in [0.5, 0.6) is 0 Å². The molecule has 1 unspecified atom stereocenters. The highest BCUT2D eigenvalue weighted by molar-refractivity contribution is 6.81. The predicted octanol–water partition coefficient (Wildman–Crippen LogP) is 3.13. The molecule has 0 amide bonds. The highest BCUT2D eigenvalue weighted by atomic mass is 28.3. The molecule has 2 heteroatoms. The lowest BCUT2D eigenvalue weighted by Crippen LogP contribution is -2.39. The molecule has 0 bridgehead atoms. The summed E-state index contributed by atoms with van der Waals surface area (Å²) in [5.74, 6) is 0.869. The van der Waals surface area contributed by atoms with E-state index in [-0.39, 0.29) is 0 Å². The smallest absolute Gasteiger partial charge is 0.0706 e. The summed E-state index contributed by atoms with van der Waals surface area (Å²) < 4.78 is 0. The molecule has 2 aliphatic rings. The molecule has 1 spiro atoms. The fourth-order valence-corrected chi connectivity index (χ4v) is 9.79. The first kappa shape index (κ1) is 10.7. The van der Waals surface area contributed by atoms with Gasteiger partial charge in [-0.1, -0.05) is 45.2 Å². The number of hydrogen-bond donors (Lipinski definition) is 0. The normalized spacial score (nSPS) is 33.0. The Labute approximate surface area is 89.9 Å². The zero-order valence-corrected chi connectivity index (χ0v) is 11.1. The van der Waals surface area contributed by atoms with Gasteiger partial charge in [0.25, 0.3) is 0 Å². The molecule has 0 N–H and O–H groups in total. The number of hydrogen-bond acceptors (Lipinski definition) is 1. The Balaban J connectivity index is 2.03. The monoisotopic (exact) mass is 211 g/mol. The maximum atomic E-state index is 2.68. The molecule has 1 atom stereocenters. The van der Waals surface area contributed by atoms with E-state index in [9.17, 15) is 0 Å². The Morgan fingerprint density at radius 3 is 2.29 bits per heavy atom. The van der Waals surface area contributed by atoms with Gasteiger partial charge in [-0.3, -0.25) is 0 Å². The van der Waals surface area contributed by atoms with E-state index in [1.165, 1.54) is 12.6 Å². The van der Waals surface area contributed by atoms with Gasteiger partial charge in [-0.15, -0.1) is 0 Å². The summed E-state index contributed by atoms with van der Waals surface area (Å²) in [6, 6.07) is 5.81. The first-order valence-electron chi connectivity index (χ1n) is 6.33. The third-order valence-electron chi connectivity index (χ3n) is 4.48. The van der Waals surface area contributed by atoms with Crippen LogP contribution in [0.4, 0.5) is 0 Å². The van der Waals surface area contributed by atoms with Crippen molar-refractivity contribution in [2.24, 2.45) is 5.92 Å². The van der Waals surface area contributed by atoms with Crippen molar-refractivity contribution in [3.05, 3.63) is 0 Å². The second-order valence-corrected chi connectivity index (χ2v) is 10.7. The van der Waals surface area contributed by atoms with Gasteiger partial charge in [0.2, 0.25) is 0 Å². The lowest BCUT2D eigenvalue weighted by molar-refractivity contribution is 0.258. The molecule has 1 nitrogen and oxygen atoms in total. The molecule has 2 saturated heterocycles. The second-order valence-electron chi connectivity index (χ2n) is 5.99. The average Bonchev–Trinajstić information content (AvgIpc) is 2.44. The first-order chi connectivity index (χ1) is 6.63. The molecular weight excluding hydrogens is 186 g/mol. The van der Waals surface area contributed by atoms with Crippen molar-refractivity contribution < 1.29 is 0 Å². The fraction of sp³-hybridized carbons (Fsp3) is 1.00. The van der Waals surface area contributed by atoms with Crippen LogP contribution < -0.4 is 0 Å². The SMILES string of the molecule is CC(C)C1C[Si]2(CCCCC2)CN1C. The van der Waals surface area contributed by atoms with Crippen molar-refractivity contribution >= 4 is 8.07 Å². The summed E-state index contributed by atoms with van der Waals surface area (Å²) in [5, 5.41) is 0. The maximum Gasteiger partial charge on any atom is 0.0706 e. The molecule has 0 aromatic rings. The Hall–Kier alpha value is 0.177. The van der Waals surface area contributed by atoms with E-state index >= 15 is 0 Å². The zero-order chi connectivity index (χ0) is 10.2. The van der Waals surface area contributed by atoms with Crippen LogP contribution in [0, 0.1) is 5.92 Å². The highest BCUT2D eigenvalue weighted by Crippen LogP contribution is 2.40. The van der Waals surface area contributed by atoms with Crippen LogP contribution in [0.2, 0.25) is 18.1 Å². The molecule has 0 aromatic carbocycles. The minimum atomic E-state index is -0.782. The average molecular weight is 211 g/mol. The van der Waals surface area contributed by atoms with Crippen molar-refractivity contribution in [1.82, 2.24) is 4.90 Å². The van der Waals surface area contributed by atoms with Gasteiger partial charge in [0.15, 0.2) is 0 Å². The van der Waals surface area contributed by atoms with E-state index in [1.54, 1.807) is 31.0 Å². The molecule has 14 heavy (non-hydrogen) atoms. The zero-order valence-electron chi connectivity index (χ0n) is 10.1. The number of nitrogens with zero attached hydrogens (tertiary/aromatic N) is 1. The third-order valence-corrected chi connectivity index (χ3v) is 9.76. The molecule has 0 aliphatic carbocycles. The summed E-state index contributed by atoms with van der Waals surface area (Å²) in [5.41, 5.74) is 0. The standard InChI is InChI=1S/C12H25NSi/c1-11(2)12-9-14(10-13(12)3)7-5-4-6-8-14/h11-12H,4-10H2,1-3H3. The van der Waals surface area contributed by atoms with Crippen LogP contribution in [0.1, 0.15) is 33.1 Å². The second kappa shape index (κ2) is 3.97. The van der Waals surface area contributed by atoms with Gasteiger partial charge >= 0.3 is 0 Å². The minimum Gasteiger partial charge on any atom is -0.306 e. The van der Waals surface area contributed by atoms with E-state index in [0.717, 1.165) is 12.0 Å². The molecule has 2 heterocycles. The third kappa shape index (κ3) is 1.92. The molecular formula is C12H25NSi. The minimum absolute atomic E-state index is 0.782. The highest BCUT2D eigenvalue weighted by Gasteiger charge is 2.45. The Morgan fingerprint density at radius 2 is 1.79 bits per heavy atom. The van der Waals surface area contributed by atoms with Gasteiger partial charge in [-0.2, -0.15) is 0 Å². The summed E-state index contributed by atoms with van der Waals surface area (Å²) in [7, 11) is 1.58. The summed E-state index contributed by atoms with van der Waals surface area (Å²) >= 11 is 0. The van der Waals surface area contributed by atoms with Gasteiger partial charge in [0, 0.05) is 6.04 Å². The van der Waals surface area contributed by atoms with Gasteiger partial charge < -0.3 is 4.90 Å². The van der Waals surface area contributed by atoms with Gasteiger partial charge in [0.1, 0.15) is 0 Å². The fourth-order valence-electron chi connectivity index (χ4n) is 3.72. The van der Waals surface area contributed by atoms with E-state index < -0.39 is 8.07 Å². The van der Waals surface area contributed by atoms with E-state index in [4.69, 9.17) is 0 Å². The van der Waals surface area contributed by atoms with Crippen molar-refractivity contribution in [2.45, 2.75) is 57.3 Å². The van der Waals surface area contributed by atoms with Crippen LogP contribution in [0.25, 0.3) is 0 Å². The van der Waals surface area contributed by atoms with Crippen molar-refractivity contribution in [3.63, 3.8) is 0 Å². The van der Waals surface area contributed by atoms with Gasteiger partial charge in [-0.05, 0) is 25.2 Å². The van der Waals surface area contributed by atoms with E-state index in [2.05, 4.69) is 25.8 Å². The summed E-state index contributed by atoms with van der Waals surface area (Å²) in [4.78, 5) is 2.68. The first-order valence-corrected chi connectivity index (χ1v) is 9.16. The largest absolute Gasteiger partial charge is 0.306 e. The van der Waals surface area contributed by atoms with E-state index in [0.29, 0.717) is 0 Å². The Morgan fingerprint density at radius 1 is 1.14 bits per heavy atom. The molecule has 0 radical (unpaired) electrons. The lowest BCUT2D eigenvalue weighted by atomic mass is 10.1. The van der Waals surface area contributed by atoms with E-state index in [1.807, 2.05) is 0 Å². The quantitative estimate of drug-likeness (QED) is 0.602. The van der Waals surface area contributed by atoms with Crippen molar-refractivity contribution in [3.8, 4) is 0 Å². The van der Waals surface area contributed by atoms with Crippen LogP contribution >= 0.6 is 0 Å². The molecule has 0 saturated carbocycles. The molecule has 82 valence electrons. The molecule has 2 aliphatic heterocycles. The Bertz CT molecular complexity index is 196. The number of rotatable bonds is 1.